The molecule has 2 N–H and O–H groups in total. The van der Waals surface area contributed by atoms with Gasteiger partial charge in [0.1, 0.15) is 5.65 Å². The minimum absolute atomic E-state index is 0.0742. The van der Waals surface area contributed by atoms with Gasteiger partial charge in [-0.05, 0) is 43.4 Å². The maximum atomic E-state index is 12.7. The lowest BCUT2D eigenvalue weighted by Gasteiger charge is -2.15. The van der Waals surface area contributed by atoms with Crippen molar-refractivity contribution in [3.8, 4) is 0 Å². The molecule has 28 heavy (non-hydrogen) atoms. The Balaban J connectivity index is 1.62. The molecular weight excluding hydrogens is 356 g/mol. The summed E-state index contributed by atoms with van der Waals surface area (Å²) in [5.41, 5.74) is 1.88. The summed E-state index contributed by atoms with van der Waals surface area (Å²) in [4.78, 5) is 43.6. The first-order valence-corrected chi connectivity index (χ1v) is 9.52. The van der Waals surface area contributed by atoms with Crippen LogP contribution in [0.5, 0.6) is 0 Å². The maximum Gasteiger partial charge on any atom is 0.330 e. The van der Waals surface area contributed by atoms with Crippen molar-refractivity contribution < 1.29 is 4.79 Å². The van der Waals surface area contributed by atoms with E-state index in [1.54, 1.807) is 0 Å². The first kappa shape index (κ1) is 18.2. The number of hydrogen-bond donors (Lipinski definition) is 2. The van der Waals surface area contributed by atoms with Crippen molar-refractivity contribution in [3.05, 3.63) is 74.1 Å². The van der Waals surface area contributed by atoms with E-state index in [-0.39, 0.29) is 28.9 Å². The van der Waals surface area contributed by atoms with Crippen LogP contribution in [0.4, 0.5) is 0 Å². The summed E-state index contributed by atoms with van der Waals surface area (Å²) in [6.07, 6.45) is 4.16. The van der Waals surface area contributed by atoms with Crippen molar-refractivity contribution in [1.29, 1.82) is 0 Å². The molecule has 144 valence electrons. The summed E-state index contributed by atoms with van der Waals surface area (Å²) in [5, 5.41) is 3.18. The van der Waals surface area contributed by atoms with E-state index in [9.17, 15) is 14.4 Å². The lowest BCUT2D eigenvalue weighted by atomic mass is 10.0. The monoisotopic (exact) mass is 378 g/mol. The molecule has 0 bridgehead atoms. The fourth-order valence-corrected chi connectivity index (χ4v) is 3.34. The van der Waals surface area contributed by atoms with E-state index in [0.29, 0.717) is 5.65 Å². The van der Waals surface area contributed by atoms with E-state index in [1.165, 1.54) is 22.4 Å². The minimum Gasteiger partial charge on any atom is -0.345 e. The smallest absolute Gasteiger partial charge is 0.330 e. The van der Waals surface area contributed by atoms with Crippen molar-refractivity contribution >= 4 is 16.9 Å². The van der Waals surface area contributed by atoms with E-state index in [1.807, 2.05) is 31.2 Å². The van der Waals surface area contributed by atoms with Crippen molar-refractivity contribution in [2.45, 2.75) is 45.2 Å². The van der Waals surface area contributed by atoms with Crippen molar-refractivity contribution in [2.24, 2.45) is 0 Å². The van der Waals surface area contributed by atoms with Crippen LogP contribution in [0.15, 0.2) is 46.1 Å². The van der Waals surface area contributed by atoms with Crippen molar-refractivity contribution in [1.82, 2.24) is 19.9 Å². The van der Waals surface area contributed by atoms with Crippen LogP contribution in [0.3, 0.4) is 0 Å². The highest BCUT2D eigenvalue weighted by Gasteiger charge is 2.27. The Morgan fingerprint density at radius 2 is 2.00 bits per heavy atom. The number of nitrogens with zero attached hydrogens (tertiary/aromatic N) is 2. The largest absolute Gasteiger partial charge is 0.345 e. The molecule has 4 rings (SSSR count). The topological polar surface area (TPSA) is 96.8 Å². The average molecular weight is 378 g/mol. The van der Waals surface area contributed by atoms with E-state index in [2.05, 4.69) is 22.2 Å². The SMILES string of the molecule is CCc1ccc(C(C)NC(=O)c2cnc3c(c2)c(=O)[nH]c(=O)n3C2CC2)cc1. The predicted molar refractivity (Wildman–Crippen MR) is 107 cm³/mol. The van der Waals surface area contributed by atoms with Crippen LogP contribution in [-0.2, 0) is 6.42 Å². The van der Waals surface area contributed by atoms with Crippen LogP contribution in [0.1, 0.15) is 60.3 Å². The second-order valence-corrected chi connectivity index (χ2v) is 7.25. The number of rotatable bonds is 5. The third-order valence-electron chi connectivity index (χ3n) is 5.19. The van der Waals surface area contributed by atoms with Gasteiger partial charge in [0.15, 0.2) is 0 Å². The van der Waals surface area contributed by atoms with Gasteiger partial charge in [0, 0.05) is 12.2 Å². The molecule has 2 heterocycles. The van der Waals surface area contributed by atoms with E-state index >= 15 is 0 Å². The van der Waals surface area contributed by atoms with E-state index in [4.69, 9.17) is 0 Å². The third kappa shape index (κ3) is 3.35. The molecule has 7 heteroatoms. The first-order chi connectivity index (χ1) is 13.5. The fourth-order valence-electron chi connectivity index (χ4n) is 3.34. The van der Waals surface area contributed by atoms with Crippen LogP contribution in [0.25, 0.3) is 11.0 Å². The number of carbonyl (C=O) groups excluding carboxylic acids is 1. The second-order valence-electron chi connectivity index (χ2n) is 7.25. The van der Waals surface area contributed by atoms with Gasteiger partial charge in [-0.25, -0.2) is 9.78 Å². The van der Waals surface area contributed by atoms with Gasteiger partial charge >= 0.3 is 5.69 Å². The summed E-state index contributed by atoms with van der Waals surface area (Å²) in [6, 6.07) is 9.49. The molecule has 2 aromatic heterocycles. The van der Waals surface area contributed by atoms with E-state index < -0.39 is 11.2 Å². The molecule has 0 saturated heterocycles. The Morgan fingerprint density at radius 1 is 1.29 bits per heavy atom. The molecule has 1 saturated carbocycles. The Bertz CT molecular complexity index is 1160. The predicted octanol–water partition coefficient (Wildman–Crippen LogP) is 2.47. The number of benzene rings is 1. The van der Waals surface area contributed by atoms with Crippen molar-refractivity contribution in [3.63, 3.8) is 0 Å². The number of fused-ring (bicyclic) bond motifs is 1. The van der Waals surface area contributed by atoms with Gasteiger partial charge in [-0.2, -0.15) is 0 Å². The number of hydrogen-bond acceptors (Lipinski definition) is 4. The zero-order chi connectivity index (χ0) is 19.8. The van der Waals surface area contributed by atoms with Gasteiger partial charge in [0.05, 0.1) is 17.0 Å². The highest BCUT2D eigenvalue weighted by atomic mass is 16.2. The lowest BCUT2D eigenvalue weighted by molar-refractivity contribution is 0.0939. The fraction of sp³-hybridized carbons (Fsp3) is 0.333. The second kappa shape index (κ2) is 7.07. The third-order valence-corrected chi connectivity index (χ3v) is 5.19. The molecule has 1 aliphatic rings. The molecule has 1 atom stereocenters. The molecule has 3 aromatic rings. The molecule has 7 nitrogen and oxygen atoms in total. The zero-order valence-electron chi connectivity index (χ0n) is 15.9. The number of aryl methyl sites for hydroxylation is 1. The molecule has 0 aliphatic heterocycles. The highest BCUT2D eigenvalue weighted by Crippen LogP contribution is 2.34. The molecule has 0 radical (unpaired) electrons. The molecule has 0 spiro atoms. The zero-order valence-corrected chi connectivity index (χ0v) is 15.9. The number of carbonyl (C=O) groups is 1. The summed E-state index contributed by atoms with van der Waals surface area (Å²) >= 11 is 0. The Morgan fingerprint density at radius 3 is 2.64 bits per heavy atom. The summed E-state index contributed by atoms with van der Waals surface area (Å²) in [6.45, 7) is 4.00. The average Bonchev–Trinajstić information content (AvgIpc) is 3.52. The van der Waals surface area contributed by atoms with Gasteiger partial charge in [-0.15, -0.1) is 0 Å². The normalized spacial score (nSPS) is 14.8. The summed E-state index contributed by atoms with van der Waals surface area (Å²) in [7, 11) is 0. The Hall–Kier alpha value is -3.22. The molecule has 1 aromatic carbocycles. The van der Waals surface area contributed by atoms with Crippen LogP contribution >= 0.6 is 0 Å². The standard InChI is InChI=1S/C21H22N4O3/c1-3-13-4-6-14(7-5-13)12(2)23-19(26)15-10-17-18(22-11-15)25(16-8-9-16)21(28)24-20(17)27/h4-7,10-12,16H,3,8-9H2,1-2H3,(H,23,26)(H,24,27,28). The molecule has 1 unspecified atom stereocenters. The summed E-state index contributed by atoms with van der Waals surface area (Å²) in [5.74, 6) is -0.315. The van der Waals surface area contributed by atoms with Gasteiger partial charge in [-0.3, -0.25) is 19.1 Å². The number of amides is 1. The Kier molecular flexibility index (Phi) is 4.58. The molecule has 1 aliphatic carbocycles. The van der Waals surface area contributed by atoms with Gasteiger partial charge in [-0.1, -0.05) is 31.2 Å². The minimum atomic E-state index is -0.526. The van der Waals surface area contributed by atoms with Crippen LogP contribution in [0, 0.1) is 0 Å². The van der Waals surface area contributed by atoms with E-state index in [0.717, 1.165) is 24.8 Å². The van der Waals surface area contributed by atoms with Gasteiger partial charge in [0.25, 0.3) is 11.5 Å². The van der Waals surface area contributed by atoms with Crippen LogP contribution in [-0.4, -0.2) is 20.4 Å². The summed E-state index contributed by atoms with van der Waals surface area (Å²) < 4.78 is 1.51. The number of nitrogens with one attached hydrogen (secondary N) is 2. The maximum absolute atomic E-state index is 12.7. The van der Waals surface area contributed by atoms with Gasteiger partial charge < -0.3 is 5.32 Å². The Labute approximate surface area is 161 Å². The lowest BCUT2D eigenvalue weighted by Crippen LogP contribution is -2.31. The first-order valence-electron chi connectivity index (χ1n) is 9.52. The van der Waals surface area contributed by atoms with Crippen LogP contribution < -0.4 is 16.6 Å². The number of aromatic nitrogens is 3. The van der Waals surface area contributed by atoms with Gasteiger partial charge in [0.2, 0.25) is 0 Å². The number of H-pyrrole nitrogens is 1. The quantitative estimate of drug-likeness (QED) is 0.713. The molecule has 1 amide bonds. The number of aromatic amines is 1. The van der Waals surface area contributed by atoms with Crippen LogP contribution in [0.2, 0.25) is 0 Å². The van der Waals surface area contributed by atoms with Crippen molar-refractivity contribution in [2.75, 3.05) is 0 Å². The number of pyridine rings is 1. The highest BCUT2D eigenvalue weighted by molar-refractivity contribution is 5.96. The molecular formula is C21H22N4O3. The molecule has 1 fully saturated rings.